The van der Waals surface area contributed by atoms with Gasteiger partial charge in [-0.2, -0.15) is 0 Å². The fraction of sp³-hybridized carbons (Fsp3) is 0.273. The quantitative estimate of drug-likeness (QED) is 0.849. The molecule has 16 heavy (non-hydrogen) atoms. The molecule has 0 spiro atoms. The number of ketones is 1. The minimum atomic E-state index is -0.927. The van der Waals surface area contributed by atoms with Gasteiger partial charge in [-0.15, -0.1) is 0 Å². The van der Waals surface area contributed by atoms with Crippen LogP contribution in [0.2, 0.25) is 10.0 Å². The summed E-state index contributed by atoms with van der Waals surface area (Å²) in [5.41, 5.74) is 0.347. The van der Waals surface area contributed by atoms with Gasteiger partial charge in [0, 0.05) is 16.5 Å². The van der Waals surface area contributed by atoms with Gasteiger partial charge in [-0.25, -0.2) is 0 Å². The van der Waals surface area contributed by atoms with Crippen molar-refractivity contribution in [2.45, 2.75) is 6.42 Å². The second kappa shape index (κ2) is 4.07. The highest BCUT2D eigenvalue weighted by molar-refractivity contribution is 6.37. The molecule has 0 heterocycles. The van der Waals surface area contributed by atoms with Crippen molar-refractivity contribution in [3.8, 4) is 0 Å². The van der Waals surface area contributed by atoms with Crippen LogP contribution in [0, 0.1) is 11.8 Å². The molecular weight excluding hydrogens is 251 g/mol. The topological polar surface area (TPSA) is 54.4 Å². The first-order valence-electron chi connectivity index (χ1n) is 4.73. The van der Waals surface area contributed by atoms with Crippen LogP contribution in [0.3, 0.4) is 0 Å². The van der Waals surface area contributed by atoms with E-state index in [-0.39, 0.29) is 10.8 Å². The number of hydrogen-bond donors (Lipinski definition) is 1. The Hall–Kier alpha value is -1.06. The molecule has 0 aromatic heterocycles. The molecule has 1 aliphatic rings. The molecule has 2 rings (SSSR count). The van der Waals surface area contributed by atoms with Gasteiger partial charge in [0.25, 0.3) is 0 Å². The number of rotatable bonds is 3. The van der Waals surface area contributed by atoms with Gasteiger partial charge in [0.2, 0.25) is 0 Å². The predicted molar refractivity (Wildman–Crippen MR) is 60.0 cm³/mol. The summed E-state index contributed by atoms with van der Waals surface area (Å²) in [4.78, 5) is 22.5. The second-order valence-corrected chi connectivity index (χ2v) is 4.62. The van der Waals surface area contributed by atoms with Crippen LogP contribution in [0.25, 0.3) is 0 Å². The number of benzene rings is 1. The van der Waals surface area contributed by atoms with Crippen molar-refractivity contribution in [2.75, 3.05) is 0 Å². The highest BCUT2D eigenvalue weighted by Gasteiger charge is 2.48. The lowest BCUT2D eigenvalue weighted by Gasteiger charge is -2.02. The molecule has 1 aromatic rings. The van der Waals surface area contributed by atoms with Gasteiger partial charge in [0.1, 0.15) is 0 Å². The SMILES string of the molecule is O=C(O)C1CC1C(=O)c1ccc(Cl)cc1Cl. The van der Waals surface area contributed by atoms with Crippen molar-refractivity contribution in [3.05, 3.63) is 33.8 Å². The van der Waals surface area contributed by atoms with Crippen LogP contribution in [0.1, 0.15) is 16.8 Å². The Morgan fingerprint density at radius 1 is 1.25 bits per heavy atom. The van der Waals surface area contributed by atoms with E-state index in [0.717, 1.165) is 0 Å². The van der Waals surface area contributed by atoms with Crippen molar-refractivity contribution in [2.24, 2.45) is 11.8 Å². The first-order chi connectivity index (χ1) is 7.50. The number of carbonyl (C=O) groups is 2. The molecule has 1 aliphatic carbocycles. The Kier molecular flexibility index (Phi) is 2.91. The molecule has 5 heteroatoms. The monoisotopic (exact) mass is 258 g/mol. The summed E-state index contributed by atoms with van der Waals surface area (Å²) in [6.45, 7) is 0. The van der Waals surface area contributed by atoms with E-state index in [1.54, 1.807) is 6.07 Å². The number of hydrogen-bond acceptors (Lipinski definition) is 2. The van der Waals surface area contributed by atoms with Gasteiger partial charge in [-0.05, 0) is 24.6 Å². The van der Waals surface area contributed by atoms with E-state index in [9.17, 15) is 9.59 Å². The van der Waals surface area contributed by atoms with Gasteiger partial charge in [-0.3, -0.25) is 9.59 Å². The molecule has 1 N–H and O–H groups in total. The van der Waals surface area contributed by atoms with E-state index in [1.807, 2.05) is 0 Å². The van der Waals surface area contributed by atoms with Crippen LogP contribution >= 0.6 is 23.2 Å². The lowest BCUT2D eigenvalue weighted by molar-refractivity contribution is -0.138. The van der Waals surface area contributed by atoms with Crippen LogP contribution in [-0.4, -0.2) is 16.9 Å². The lowest BCUT2D eigenvalue weighted by atomic mass is 10.1. The van der Waals surface area contributed by atoms with Crippen LogP contribution in [0.15, 0.2) is 18.2 Å². The molecule has 84 valence electrons. The molecule has 1 aromatic carbocycles. The molecule has 1 fully saturated rings. The van der Waals surface area contributed by atoms with Crippen LogP contribution < -0.4 is 0 Å². The number of carboxylic acids is 1. The highest BCUT2D eigenvalue weighted by Crippen LogP contribution is 2.42. The third-order valence-corrected chi connectivity index (χ3v) is 3.19. The zero-order valence-corrected chi connectivity index (χ0v) is 9.63. The number of carboxylic acid groups (broad SMARTS) is 1. The molecule has 0 amide bonds. The van der Waals surface area contributed by atoms with Crippen LogP contribution in [-0.2, 0) is 4.79 Å². The van der Waals surface area contributed by atoms with Crippen molar-refractivity contribution in [1.82, 2.24) is 0 Å². The van der Waals surface area contributed by atoms with E-state index in [4.69, 9.17) is 28.3 Å². The Morgan fingerprint density at radius 3 is 2.44 bits per heavy atom. The standard InChI is InChI=1S/C11H8Cl2O3/c12-5-1-2-6(9(13)3-5)10(14)7-4-8(7)11(15)16/h1-3,7-8H,4H2,(H,15,16). The first-order valence-corrected chi connectivity index (χ1v) is 5.48. The molecule has 2 atom stereocenters. The zero-order valence-electron chi connectivity index (χ0n) is 8.11. The maximum Gasteiger partial charge on any atom is 0.307 e. The summed E-state index contributed by atoms with van der Waals surface area (Å²) in [5.74, 6) is -2.13. The van der Waals surface area contributed by atoms with Gasteiger partial charge in [-0.1, -0.05) is 23.2 Å². The molecule has 1 saturated carbocycles. The second-order valence-electron chi connectivity index (χ2n) is 3.78. The number of carbonyl (C=O) groups excluding carboxylic acids is 1. The minimum absolute atomic E-state index is 0.214. The summed E-state index contributed by atoms with van der Waals surface area (Å²) in [6.07, 6.45) is 0.396. The lowest BCUT2D eigenvalue weighted by Crippen LogP contribution is -2.08. The number of halogens is 2. The summed E-state index contributed by atoms with van der Waals surface area (Å²) in [7, 11) is 0. The van der Waals surface area contributed by atoms with Gasteiger partial charge in [0.05, 0.1) is 10.9 Å². The van der Waals surface area contributed by atoms with Crippen LogP contribution in [0.5, 0.6) is 0 Å². The molecular formula is C11H8Cl2O3. The summed E-state index contributed by atoms with van der Waals surface area (Å²) < 4.78 is 0. The average Bonchev–Trinajstić information content (AvgIpc) is 2.96. The van der Waals surface area contributed by atoms with Crippen molar-refractivity contribution in [3.63, 3.8) is 0 Å². The summed E-state index contributed by atoms with van der Waals surface area (Å²) in [6, 6.07) is 4.58. The number of aliphatic carboxylic acids is 1. The molecule has 0 aliphatic heterocycles. The van der Waals surface area contributed by atoms with Crippen molar-refractivity contribution < 1.29 is 14.7 Å². The van der Waals surface area contributed by atoms with E-state index < -0.39 is 17.8 Å². The molecule has 3 nitrogen and oxygen atoms in total. The van der Waals surface area contributed by atoms with Gasteiger partial charge < -0.3 is 5.11 Å². The Balaban J connectivity index is 2.20. The third-order valence-electron chi connectivity index (χ3n) is 2.64. The van der Waals surface area contributed by atoms with Gasteiger partial charge in [0.15, 0.2) is 5.78 Å². The Morgan fingerprint density at radius 2 is 1.94 bits per heavy atom. The minimum Gasteiger partial charge on any atom is -0.481 e. The maximum atomic E-state index is 11.9. The largest absolute Gasteiger partial charge is 0.481 e. The Bertz CT molecular complexity index is 470. The van der Waals surface area contributed by atoms with E-state index in [1.165, 1.54) is 12.1 Å². The summed E-state index contributed by atoms with van der Waals surface area (Å²) in [5, 5.41) is 9.45. The first kappa shape index (κ1) is 11.4. The predicted octanol–water partition coefficient (Wildman–Crippen LogP) is 2.90. The number of Topliss-reactive ketones (excluding diaryl/α,β-unsaturated/α-hetero) is 1. The van der Waals surface area contributed by atoms with Crippen molar-refractivity contribution >= 4 is 35.0 Å². The van der Waals surface area contributed by atoms with E-state index >= 15 is 0 Å². The average molecular weight is 259 g/mol. The highest BCUT2D eigenvalue weighted by atomic mass is 35.5. The van der Waals surface area contributed by atoms with Gasteiger partial charge >= 0.3 is 5.97 Å². The van der Waals surface area contributed by atoms with Crippen molar-refractivity contribution in [1.29, 1.82) is 0 Å². The normalized spacial score (nSPS) is 22.9. The fourth-order valence-electron chi connectivity index (χ4n) is 1.65. The summed E-state index contributed by atoms with van der Waals surface area (Å²) >= 11 is 11.6. The van der Waals surface area contributed by atoms with Crippen LogP contribution in [0.4, 0.5) is 0 Å². The zero-order chi connectivity index (χ0) is 11.9. The molecule has 0 bridgehead atoms. The molecule has 2 unspecified atom stereocenters. The third kappa shape index (κ3) is 2.06. The van der Waals surface area contributed by atoms with E-state index in [2.05, 4.69) is 0 Å². The molecule has 0 radical (unpaired) electrons. The Labute approximate surface area is 102 Å². The maximum absolute atomic E-state index is 11.9. The van der Waals surface area contributed by atoms with E-state index in [0.29, 0.717) is 17.0 Å². The molecule has 0 saturated heterocycles. The fourth-order valence-corrected chi connectivity index (χ4v) is 2.15. The smallest absolute Gasteiger partial charge is 0.307 e.